The Morgan fingerprint density at radius 2 is 2.05 bits per heavy atom. The minimum Gasteiger partial charge on any atom is -0.296 e. The maximum Gasteiger partial charge on any atom is 0.139 e. The molecule has 0 spiro atoms. The van der Waals surface area contributed by atoms with Crippen LogP contribution in [0.3, 0.4) is 0 Å². The second kappa shape index (κ2) is 5.78. The number of hydrogen-bond donors (Lipinski definition) is 0. The van der Waals surface area contributed by atoms with Gasteiger partial charge in [0, 0.05) is 12.3 Å². The van der Waals surface area contributed by atoms with E-state index in [1.807, 2.05) is 35.8 Å². The first-order chi connectivity index (χ1) is 10.1. The van der Waals surface area contributed by atoms with Crippen LogP contribution < -0.4 is 0 Å². The first-order valence-electron chi connectivity index (χ1n) is 6.59. The summed E-state index contributed by atoms with van der Waals surface area (Å²) >= 11 is 9.06. The van der Waals surface area contributed by atoms with E-state index >= 15 is 0 Å². The number of imidazole rings is 1. The summed E-state index contributed by atoms with van der Waals surface area (Å²) in [6.07, 6.45) is 0.632. The molecule has 1 aromatic heterocycles. The van der Waals surface area contributed by atoms with Crippen molar-refractivity contribution in [3.63, 3.8) is 0 Å². The van der Waals surface area contributed by atoms with Crippen LogP contribution in [0.2, 0.25) is 0 Å². The van der Waals surface area contributed by atoms with E-state index in [-0.39, 0.29) is 5.82 Å². The van der Waals surface area contributed by atoms with Crippen LogP contribution in [0.25, 0.3) is 16.7 Å². The highest BCUT2D eigenvalue weighted by molar-refractivity contribution is 9.10. The number of hydrogen-bond acceptors (Lipinski definition) is 1. The molecule has 3 rings (SSSR count). The minimum absolute atomic E-state index is 0.293. The van der Waals surface area contributed by atoms with Crippen molar-refractivity contribution >= 4 is 38.6 Å². The zero-order valence-electron chi connectivity index (χ0n) is 11.4. The molecule has 0 saturated carbocycles. The van der Waals surface area contributed by atoms with Crippen molar-refractivity contribution in [2.45, 2.75) is 13.3 Å². The smallest absolute Gasteiger partial charge is 0.139 e. The lowest BCUT2D eigenvalue weighted by Gasteiger charge is -2.09. The number of benzene rings is 2. The number of halogens is 3. The Labute approximate surface area is 135 Å². The molecule has 0 atom stereocenters. The van der Waals surface area contributed by atoms with Crippen LogP contribution in [-0.4, -0.2) is 15.4 Å². The maximum atomic E-state index is 13.8. The van der Waals surface area contributed by atoms with Crippen molar-refractivity contribution in [1.29, 1.82) is 0 Å². The molecule has 1 heterocycles. The van der Waals surface area contributed by atoms with Gasteiger partial charge >= 0.3 is 0 Å². The molecule has 5 heteroatoms. The van der Waals surface area contributed by atoms with E-state index in [9.17, 15) is 4.39 Å². The molecule has 2 nitrogen and oxygen atoms in total. The van der Waals surface area contributed by atoms with Crippen LogP contribution in [0.1, 0.15) is 11.4 Å². The van der Waals surface area contributed by atoms with Gasteiger partial charge in [0.2, 0.25) is 0 Å². The average Bonchev–Trinajstić information content (AvgIpc) is 2.79. The third kappa shape index (κ3) is 2.70. The molecule has 0 aliphatic heterocycles. The third-order valence-electron chi connectivity index (χ3n) is 3.36. The quantitative estimate of drug-likeness (QED) is 0.595. The van der Waals surface area contributed by atoms with Crippen LogP contribution >= 0.6 is 27.5 Å². The molecule has 0 saturated heterocycles. The Hall–Kier alpha value is -1.39. The highest BCUT2D eigenvalue weighted by atomic mass is 79.9. The molecule has 2 aromatic carbocycles. The molecule has 0 amide bonds. The van der Waals surface area contributed by atoms with E-state index in [1.54, 1.807) is 6.07 Å². The summed E-state index contributed by atoms with van der Waals surface area (Å²) in [5, 5.41) is 0. The van der Waals surface area contributed by atoms with Gasteiger partial charge in [-0.15, -0.1) is 11.6 Å². The van der Waals surface area contributed by atoms with Crippen molar-refractivity contribution in [1.82, 2.24) is 9.55 Å². The van der Waals surface area contributed by atoms with Gasteiger partial charge in [0.25, 0.3) is 0 Å². The summed E-state index contributed by atoms with van der Waals surface area (Å²) in [6.45, 7) is 2.03. The summed E-state index contributed by atoms with van der Waals surface area (Å²) in [5.41, 5.74) is 3.76. The van der Waals surface area contributed by atoms with Gasteiger partial charge < -0.3 is 0 Å². The first kappa shape index (κ1) is 14.5. The Morgan fingerprint density at radius 1 is 1.24 bits per heavy atom. The average molecular weight is 368 g/mol. The van der Waals surface area contributed by atoms with Gasteiger partial charge in [0.15, 0.2) is 0 Å². The summed E-state index contributed by atoms with van der Waals surface area (Å²) in [4.78, 5) is 4.64. The standard InChI is InChI=1S/C16H13BrClFN2/c1-10-2-5-15-14(8-10)20-16(6-7-18)21(15)11-3-4-12(17)13(19)9-11/h2-5,8-9H,6-7H2,1H3. The lowest BCUT2D eigenvalue weighted by Crippen LogP contribution is -2.02. The zero-order valence-corrected chi connectivity index (χ0v) is 13.7. The fraction of sp³-hybridized carbons (Fsp3) is 0.188. The van der Waals surface area contributed by atoms with Gasteiger partial charge in [0.05, 0.1) is 21.2 Å². The topological polar surface area (TPSA) is 17.8 Å². The van der Waals surface area contributed by atoms with E-state index in [0.717, 1.165) is 28.1 Å². The molecule has 0 unspecified atom stereocenters. The van der Waals surface area contributed by atoms with Gasteiger partial charge in [0.1, 0.15) is 11.6 Å². The van der Waals surface area contributed by atoms with Crippen LogP contribution in [0.15, 0.2) is 40.9 Å². The van der Waals surface area contributed by atoms with Gasteiger partial charge in [-0.25, -0.2) is 9.37 Å². The predicted molar refractivity (Wildman–Crippen MR) is 87.9 cm³/mol. The molecule has 0 aliphatic rings. The van der Waals surface area contributed by atoms with E-state index < -0.39 is 0 Å². The first-order valence-corrected chi connectivity index (χ1v) is 7.92. The second-order valence-electron chi connectivity index (χ2n) is 4.89. The van der Waals surface area contributed by atoms with Gasteiger partial charge in [-0.05, 0) is 58.7 Å². The summed E-state index contributed by atoms with van der Waals surface area (Å²) in [6, 6.07) is 11.1. The van der Waals surface area contributed by atoms with Crippen LogP contribution in [-0.2, 0) is 6.42 Å². The number of aryl methyl sites for hydroxylation is 2. The normalized spacial score (nSPS) is 11.2. The summed E-state index contributed by atoms with van der Waals surface area (Å²) < 4.78 is 16.3. The van der Waals surface area contributed by atoms with E-state index in [1.165, 1.54) is 6.07 Å². The van der Waals surface area contributed by atoms with Gasteiger partial charge in [-0.1, -0.05) is 6.07 Å². The molecule has 0 bridgehead atoms. The van der Waals surface area contributed by atoms with E-state index in [0.29, 0.717) is 16.8 Å². The zero-order chi connectivity index (χ0) is 15.0. The molecule has 0 fully saturated rings. The molecule has 21 heavy (non-hydrogen) atoms. The molecule has 3 aromatic rings. The van der Waals surface area contributed by atoms with Crippen molar-refractivity contribution < 1.29 is 4.39 Å². The molecule has 0 aliphatic carbocycles. The number of nitrogens with zero attached hydrogens (tertiary/aromatic N) is 2. The Kier molecular flexibility index (Phi) is 4.00. The summed E-state index contributed by atoms with van der Waals surface area (Å²) in [7, 11) is 0. The fourth-order valence-corrected chi connectivity index (χ4v) is 2.82. The number of rotatable bonds is 3. The van der Waals surface area contributed by atoms with Crippen molar-refractivity contribution in [3.8, 4) is 5.69 Å². The van der Waals surface area contributed by atoms with E-state index in [2.05, 4.69) is 20.9 Å². The molecule has 108 valence electrons. The lowest BCUT2D eigenvalue weighted by atomic mass is 10.2. The molecular formula is C16H13BrClFN2. The third-order valence-corrected chi connectivity index (χ3v) is 4.19. The summed E-state index contributed by atoms with van der Waals surface area (Å²) in [5.74, 6) is 1.02. The van der Waals surface area contributed by atoms with Crippen LogP contribution in [0.4, 0.5) is 4.39 Å². The van der Waals surface area contributed by atoms with Crippen LogP contribution in [0, 0.1) is 12.7 Å². The predicted octanol–water partition coefficient (Wildman–Crippen LogP) is 5.02. The molecular weight excluding hydrogens is 355 g/mol. The Balaban J connectivity index is 2.27. The number of fused-ring (bicyclic) bond motifs is 1. The van der Waals surface area contributed by atoms with Crippen molar-refractivity contribution in [3.05, 3.63) is 58.1 Å². The lowest BCUT2D eigenvalue weighted by molar-refractivity contribution is 0.619. The second-order valence-corrected chi connectivity index (χ2v) is 6.13. The molecule has 0 N–H and O–H groups in total. The largest absolute Gasteiger partial charge is 0.296 e. The van der Waals surface area contributed by atoms with E-state index in [4.69, 9.17) is 11.6 Å². The minimum atomic E-state index is -0.293. The van der Waals surface area contributed by atoms with Gasteiger partial charge in [-0.2, -0.15) is 0 Å². The Bertz CT molecular complexity index is 813. The SMILES string of the molecule is Cc1ccc2c(c1)nc(CCCl)n2-c1ccc(Br)c(F)c1. The van der Waals surface area contributed by atoms with Crippen LogP contribution in [0.5, 0.6) is 0 Å². The monoisotopic (exact) mass is 366 g/mol. The van der Waals surface area contributed by atoms with Crippen molar-refractivity contribution in [2.75, 3.05) is 5.88 Å². The maximum absolute atomic E-state index is 13.8. The Morgan fingerprint density at radius 3 is 2.76 bits per heavy atom. The fourth-order valence-electron chi connectivity index (χ4n) is 2.40. The van der Waals surface area contributed by atoms with Crippen molar-refractivity contribution in [2.24, 2.45) is 0 Å². The number of alkyl halides is 1. The van der Waals surface area contributed by atoms with Gasteiger partial charge in [-0.3, -0.25) is 4.57 Å². The highest BCUT2D eigenvalue weighted by Gasteiger charge is 2.13. The molecule has 0 radical (unpaired) electrons. The number of aromatic nitrogens is 2. The highest BCUT2D eigenvalue weighted by Crippen LogP contribution is 2.25.